The van der Waals surface area contributed by atoms with Crippen LogP contribution in [0.3, 0.4) is 0 Å². The van der Waals surface area contributed by atoms with Gasteiger partial charge in [0, 0.05) is 11.1 Å². The molecule has 4 rings (SSSR count). The molecule has 0 bridgehead atoms. The minimum atomic E-state index is -0.129. The topological polar surface area (TPSA) is 56.1 Å². The predicted molar refractivity (Wildman–Crippen MR) is 105 cm³/mol. The first-order valence-corrected chi connectivity index (χ1v) is 8.97. The first-order valence-electron chi connectivity index (χ1n) is 8.15. The number of para-hydroxylation sites is 1. The number of aryl methyl sites for hydroxylation is 1. The normalized spacial score (nSPS) is 10.8. The molecule has 1 amide bonds. The van der Waals surface area contributed by atoms with Crippen molar-refractivity contribution in [2.24, 2.45) is 0 Å². The molecule has 1 N–H and O–H groups in total. The third kappa shape index (κ3) is 2.95. The van der Waals surface area contributed by atoms with Crippen molar-refractivity contribution in [1.29, 1.82) is 0 Å². The number of anilines is 1. The molecule has 0 aliphatic heterocycles. The average Bonchev–Trinajstić information content (AvgIpc) is 3.24. The molecule has 0 radical (unpaired) electrons. The van der Waals surface area contributed by atoms with Gasteiger partial charge in [0.2, 0.25) is 0 Å². The van der Waals surface area contributed by atoms with Crippen LogP contribution < -0.4 is 10.1 Å². The van der Waals surface area contributed by atoms with Crippen LogP contribution in [0.2, 0.25) is 0 Å². The summed E-state index contributed by atoms with van der Waals surface area (Å²) >= 11 is 1.44. The van der Waals surface area contributed by atoms with E-state index in [9.17, 15) is 4.79 Å². The van der Waals surface area contributed by atoms with E-state index in [1.54, 1.807) is 7.11 Å². The SMILES string of the molecule is COc1ccc(NC(=O)c2cc3c(C)nn(-c4ccccc4)c3s2)cc1. The summed E-state index contributed by atoms with van der Waals surface area (Å²) < 4.78 is 7.02. The number of amides is 1. The van der Waals surface area contributed by atoms with E-state index in [1.165, 1.54) is 11.3 Å². The van der Waals surface area contributed by atoms with E-state index in [0.717, 1.165) is 33.0 Å². The van der Waals surface area contributed by atoms with Crippen molar-refractivity contribution in [3.8, 4) is 11.4 Å². The van der Waals surface area contributed by atoms with Crippen LogP contribution in [0.5, 0.6) is 5.75 Å². The van der Waals surface area contributed by atoms with Crippen LogP contribution in [0.4, 0.5) is 5.69 Å². The monoisotopic (exact) mass is 363 g/mol. The van der Waals surface area contributed by atoms with E-state index in [1.807, 2.05) is 72.3 Å². The fourth-order valence-corrected chi connectivity index (χ4v) is 3.85. The van der Waals surface area contributed by atoms with Gasteiger partial charge >= 0.3 is 0 Å². The number of benzene rings is 2. The highest BCUT2D eigenvalue weighted by molar-refractivity contribution is 7.20. The lowest BCUT2D eigenvalue weighted by Crippen LogP contribution is -2.10. The molecule has 6 heteroatoms. The van der Waals surface area contributed by atoms with Gasteiger partial charge in [0.25, 0.3) is 5.91 Å². The number of fused-ring (bicyclic) bond motifs is 1. The van der Waals surface area contributed by atoms with Gasteiger partial charge in [0.15, 0.2) is 0 Å². The molecule has 0 fully saturated rings. The summed E-state index contributed by atoms with van der Waals surface area (Å²) in [6.07, 6.45) is 0. The molecule has 0 aliphatic rings. The van der Waals surface area contributed by atoms with E-state index in [-0.39, 0.29) is 5.91 Å². The third-order valence-electron chi connectivity index (χ3n) is 4.12. The molecule has 0 saturated carbocycles. The number of carbonyl (C=O) groups is 1. The van der Waals surface area contributed by atoms with E-state index < -0.39 is 0 Å². The Balaban J connectivity index is 1.65. The van der Waals surface area contributed by atoms with E-state index in [2.05, 4.69) is 10.4 Å². The van der Waals surface area contributed by atoms with Gasteiger partial charge in [-0.2, -0.15) is 5.10 Å². The highest BCUT2D eigenvalue weighted by atomic mass is 32.1. The fraction of sp³-hybridized carbons (Fsp3) is 0.100. The number of rotatable bonds is 4. The van der Waals surface area contributed by atoms with E-state index in [4.69, 9.17) is 4.74 Å². The quantitative estimate of drug-likeness (QED) is 0.574. The van der Waals surface area contributed by atoms with Crippen molar-refractivity contribution in [2.75, 3.05) is 12.4 Å². The number of hydrogen-bond acceptors (Lipinski definition) is 4. The number of thiophene rings is 1. The van der Waals surface area contributed by atoms with Gasteiger partial charge in [-0.05, 0) is 49.4 Å². The van der Waals surface area contributed by atoms with Crippen molar-refractivity contribution < 1.29 is 9.53 Å². The summed E-state index contributed by atoms with van der Waals surface area (Å²) in [6.45, 7) is 1.96. The molecule has 0 saturated heterocycles. The highest BCUT2D eigenvalue weighted by Crippen LogP contribution is 2.31. The second kappa shape index (κ2) is 6.65. The van der Waals surface area contributed by atoms with Gasteiger partial charge < -0.3 is 10.1 Å². The zero-order valence-corrected chi connectivity index (χ0v) is 15.2. The molecule has 130 valence electrons. The van der Waals surface area contributed by atoms with Crippen molar-refractivity contribution >= 4 is 33.1 Å². The van der Waals surface area contributed by atoms with Crippen LogP contribution in [0.25, 0.3) is 15.9 Å². The van der Waals surface area contributed by atoms with Crippen molar-refractivity contribution in [1.82, 2.24) is 9.78 Å². The van der Waals surface area contributed by atoms with Crippen LogP contribution in [0.1, 0.15) is 15.4 Å². The predicted octanol–water partition coefficient (Wildman–Crippen LogP) is 4.66. The summed E-state index contributed by atoms with van der Waals surface area (Å²) in [5.74, 6) is 0.624. The number of methoxy groups -OCH3 is 1. The van der Waals surface area contributed by atoms with Gasteiger partial charge in [-0.1, -0.05) is 18.2 Å². The summed E-state index contributed by atoms with van der Waals surface area (Å²) in [5.41, 5.74) is 2.62. The van der Waals surface area contributed by atoms with Gasteiger partial charge in [-0.3, -0.25) is 4.79 Å². The molecular formula is C20H17N3O2S. The first kappa shape index (κ1) is 16.4. The lowest BCUT2D eigenvalue weighted by atomic mass is 10.2. The minimum absolute atomic E-state index is 0.129. The molecule has 4 aromatic rings. The Morgan fingerprint density at radius 2 is 1.85 bits per heavy atom. The second-order valence-corrected chi connectivity index (χ2v) is 6.88. The largest absolute Gasteiger partial charge is 0.497 e. The average molecular weight is 363 g/mol. The standard InChI is InChI=1S/C20H17N3O2S/c1-13-17-12-18(19(24)21-14-8-10-16(25-2)11-9-14)26-20(17)23(22-13)15-6-4-3-5-7-15/h3-12H,1-2H3,(H,21,24). The maximum atomic E-state index is 12.6. The van der Waals surface area contributed by atoms with Gasteiger partial charge in [0.1, 0.15) is 10.6 Å². The zero-order valence-electron chi connectivity index (χ0n) is 14.4. The Morgan fingerprint density at radius 3 is 2.54 bits per heavy atom. The highest BCUT2D eigenvalue weighted by Gasteiger charge is 2.17. The number of nitrogens with one attached hydrogen (secondary N) is 1. The third-order valence-corrected chi connectivity index (χ3v) is 5.23. The second-order valence-electron chi connectivity index (χ2n) is 5.84. The van der Waals surface area contributed by atoms with Gasteiger partial charge in [-0.25, -0.2) is 4.68 Å². The first-order chi connectivity index (χ1) is 12.7. The molecule has 2 aromatic heterocycles. The molecule has 0 aliphatic carbocycles. The molecule has 5 nitrogen and oxygen atoms in total. The summed E-state index contributed by atoms with van der Waals surface area (Å²) in [5, 5.41) is 8.53. The molecule has 0 atom stereocenters. The number of aromatic nitrogens is 2. The van der Waals surface area contributed by atoms with Gasteiger partial charge in [0.05, 0.1) is 23.4 Å². The lowest BCUT2D eigenvalue weighted by molar-refractivity contribution is 0.103. The van der Waals surface area contributed by atoms with Crippen LogP contribution in [0, 0.1) is 6.92 Å². The maximum Gasteiger partial charge on any atom is 0.265 e. The number of ether oxygens (including phenoxy) is 1. The Kier molecular flexibility index (Phi) is 4.18. The number of nitrogens with zero attached hydrogens (tertiary/aromatic N) is 2. The maximum absolute atomic E-state index is 12.6. The van der Waals surface area contributed by atoms with Crippen molar-refractivity contribution in [2.45, 2.75) is 6.92 Å². The molecule has 2 heterocycles. The molecule has 26 heavy (non-hydrogen) atoms. The van der Waals surface area contributed by atoms with Crippen LogP contribution in [-0.4, -0.2) is 22.8 Å². The number of hydrogen-bond donors (Lipinski definition) is 1. The van der Waals surface area contributed by atoms with E-state index >= 15 is 0 Å². The summed E-state index contributed by atoms with van der Waals surface area (Å²) in [4.78, 5) is 14.3. The summed E-state index contributed by atoms with van der Waals surface area (Å²) in [6, 6.07) is 19.1. The Morgan fingerprint density at radius 1 is 1.12 bits per heavy atom. The molecular weight excluding hydrogens is 346 g/mol. The van der Waals surface area contributed by atoms with E-state index in [0.29, 0.717) is 4.88 Å². The Bertz CT molecular complexity index is 1070. The summed E-state index contributed by atoms with van der Waals surface area (Å²) in [7, 11) is 1.61. The van der Waals surface area contributed by atoms with Gasteiger partial charge in [-0.15, -0.1) is 11.3 Å². The Labute approximate surface area is 154 Å². The molecule has 0 spiro atoms. The van der Waals surface area contributed by atoms with Crippen LogP contribution >= 0.6 is 11.3 Å². The molecule has 2 aromatic carbocycles. The smallest absolute Gasteiger partial charge is 0.265 e. The minimum Gasteiger partial charge on any atom is -0.497 e. The van der Waals surface area contributed by atoms with Crippen LogP contribution in [-0.2, 0) is 0 Å². The van der Waals surface area contributed by atoms with Crippen LogP contribution in [0.15, 0.2) is 60.7 Å². The van der Waals surface area contributed by atoms with Crippen molar-refractivity contribution in [3.63, 3.8) is 0 Å². The van der Waals surface area contributed by atoms with Crippen molar-refractivity contribution in [3.05, 3.63) is 71.2 Å². The lowest BCUT2D eigenvalue weighted by Gasteiger charge is -2.05. The number of carbonyl (C=O) groups excluding carboxylic acids is 1. The zero-order chi connectivity index (χ0) is 18.1. The Hall–Kier alpha value is -3.12. The fourth-order valence-electron chi connectivity index (χ4n) is 2.77. The molecule has 0 unspecified atom stereocenters.